The van der Waals surface area contributed by atoms with Gasteiger partial charge in [-0.2, -0.15) is 5.01 Å². The molecule has 2 aromatic rings. The Kier molecular flexibility index (Phi) is 8.70. The Balaban J connectivity index is 1.65. The number of amides is 4. The van der Waals surface area contributed by atoms with E-state index in [1.165, 1.54) is 0 Å². The van der Waals surface area contributed by atoms with Crippen LogP contribution < -0.4 is 5.32 Å². The third-order valence-corrected chi connectivity index (χ3v) is 7.58. The minimum atomic E-state index is -0.653. The van der Waals surface area contributed by atoms with Crippen molar-refractivity contribution in [3.05, 3.63) is 71.8 Å². The lowest BCUT2D eigenvalue weighted by molar-refractivity contribution is -0.192. The van der Waals surface area contributed by atoms with Crippen LogP contribution in [0.4, 0.5) is 4.79 Å². The topological polar surface area (TPSA) is 76.2 Å². The maximum Gasteiger partial charge on any atom is 0.334 e. The Morgan fingerprint density at radius 3 is 2.37 bits per heavy atom. The van der Waals surface area contributed by atoms with E-state index in [2.05, 4.69) is 30.3 Å². The average Bonchev–Trinajstić information content (AvgIpc) is 2.93. The molecular formula is C30H37N5O3. The Bertz CT molecular complexity index is 1170. The maximum atomic E-state index is 13.9. The molecule has 0 aromatic heterocycles. The highest BCUT2D eigenvalue weighted by Gasteiger charge is 2.52. The van der Waals surface area contributed by atoms with E-state index in [0.29, 0.717) is 13.1 Å². The fourth-order valence-electron chi connectivity index (χ4n) is 5.36. The molecule has 0 saturated carbocycles. The number of terminal acetylenes is 1. The van der Waals surface area contributed by atoms with Crippen LogP contribution in [0.15, 0.2) is 60.7 Å². The number of carbonyl (C=O) groups excluding carboxylic acids is 3. The molecule has 1 N–H and O–H groups in total. The van der Waals surface area contributed by atoms with Crippen LogP contribution in [0.2, 0.25) is 0 Å². The number of nitrogens with zero attached hydrogens (tertiary/aromatic N) is 4. The predicted molar refractivity (Wildman–Crippen MR) is 146 cm³/mol. The number of nitrogens with one attached hydrogen (secondary N) is 1. The first-order valence-corrected chi connectivity index (χ1v) is 13.3. The van der Waals surface area contributed by atoms with Crippen LogP contribution in [-0.2, 0) is 16.1 Å². The van der Waals surface area contributed by atoms with Gasteiger partial charge < -0.3 is 15.1 Å². The molecule has 2 saturated heterocycles. The monoisotopic (exact) mass is 515 g/mol. The summed E-state index contributed by atoms with van der Waals surface area (Å²) >= 11 is 0. The van der Waals surface area contributed by atoms with Crippen molar-refractivity contribution >= 4 is 17.8 Å². The SMILES string of the molecule is C#CCN1CC(=O)N2[C@@H](C(C)CC)C(=O)N(CC(C)c3ccccc3)C[C@@H]2N1C(=O)NCc1ccccc1. The van der Waals surface area contributed by atoms with Gasteiger partial charge in [0.05, 0.1) is 19.6 Å². The molecule has 0 radical (unpaired) electrons. The van der Waals surface area contributed by atoms with Gasteiger partial charge in [-0.1, -0.05) is 93.8 Å². The number of piperazine rings is 1. The molecule has 0 spiro atoms. The van der Waals surface area contributed by atoms with Crippen molar-refractivity contribution in [1.82, 2.24) is 25.1 Å². The first kappa shape index (κ1) is 27.2. The Labute approximate surface area is 225 Å². The Hall–Kier alpha value is -3.83. The smallest absolute Gasteiger partial charge is 0.334 e. The number of rotatable bonds is 8. The van der Waals surface area contributed by atoms with Crippen molar-refractivity contribution in [2.75, 3.05) is 26.2 Å². The fraction of sp³-hybridized carbons (Fsp3) is 0.433. The zero-order valence-electron chi connectivity index (χ0n) is 22.4. The highest BCUT2D eigenvalue weighted by molar-refractivity contribution is 5.91. The number of fused-ring (bicyclic) bond motifs is 1. The lowest BCUT2D eigenvalue weighted by Gasteiger charge is -2.56. The quantitative estimate of drug-likeness (QED) is 0.548. The second-order valence-corrected chi connectivity index (χ2v) is 10.2. The summed E-state index contributed by atoms with van der Waals surface area (Å²) < 4.78 is 0. The van der Waals surface area contributed by atoms with Gasteiger partial charge in [0.25, 0.3) is 0 Å². The third kappa shape index (κ3) is 5.68. The van der Waals surface area contributed by atoms with Gasteiger partial charge in [0, 0.05) is 13.1 Å². The molecule has 2 aliphatic rings. The van der Waals surface area contributed by atoms with E-state index in [1.807, 2.05) is 67.3 Å². The van der Waals surface area contributed by atoms with Gasteiger partial charge in [-0.3, -0.25) is 9.59 Å². The van der Waals surface area contributed by atoms with Gasteiger partial charge in [-0.15, -0.1) is 6.42 Å². The Morgan fingerprint density at radius 2 is 1.74 bits per heavy atom. The molecule has 4 atom stereocenters. The molecule has 2 heterocycles. The standard InChI is InChI=1S/C30H37N5O3/c1-5-17-33-21-27(36)34-26(35(33)30(38)31-18-24-13-9-7-10-14-24)20-32(29(37)28(34)22(3)6-2)19-23(4)25-15-11-8-12-16-25/h1,7-16,22-23,26,28H,6,17-21H2,2-4H3,(H,31,38)/t22?,23?,26-,28-/m0/s1. The predicted octanol–water partition coefficient (Wildman–Crippen LogP) is 3.28. The van der Waals surface area contributed by atoms with Gasteiger partial charge in [0.2, 0.25) is 11.8 Å². The largest absolute Gasteiger partial charge is 0.336 e. The van der Waals surface area contributed by atoms with E-state index in [9.17, 15) is 14.4 Å². The average molecular weight is 516 g/mol. The van der Waals surface area contributed by atoms with E-state index in [1.54, 1.807) is 14.9 Å². The van der Waals surface area contributed by atoms with Crippen molar-refractivity contribution in [1.29, 1.82) is 0 Å². The molecular weight excluding hydrogens is 478 g/mol. The minimum absolute atomic E-state index is 0.0555. The number of urea groups is 1. The lowest BCUT2D eigenvalue weighted by atomic mass is 9.91. The van der Waals surface area contributed by atoms with Crippen molar-refractivity contribution < 1.29 is 14.4 Å². The summed E-state index contributed by atoms with van der Waals surface area (Å²) in [6, 6.07) is 18.7. The summed E-state index contributed by atoms with van der Waals surface area (Å²) in [7, 11) is 0. The van der Waals surface area contributed by atoms with Gasteiger partial charge in [-0.05, 0) is 23.0 Å². The molecule has 2 aliphatic heterocycles. The number of hydrazine groups is 1. The first-order valence-electron chi connectivity index (χ1n) is 13.3. The Morgan fingerprint density at radius 1 is 1.08 bits per heavy atom. The molecule has 200 valence electrons. The fourth-order valence-corrected chi connectivity index (χ4v) is 5.36. The van der Waals surface area contributed by atoms with Crippen LogP contribution in [0.1, 0.15) is 44.2 Å². The summed E-state index contributed by atoms with van der Waals surface area (Å²) in [6.07, 6.45) is 5.71. The maximum absolute atomic E-state index is 13.9. The molecule has 8 heteroatoms. The van der Waals surface area contributed by atoms with Crippen LogP contribution in [0, 0.1) is 18.3 Å². The summed E-state index contributed by atoms with van der Waals surface area (Å²) in [4.78, 5) is 44.4. The first-order chi connectivity index (χ1) is 18.3. The van der Waals surface area contributed by atoms with Gasteiger partial charge in [-0.25, -0.2) is 9.80 Å². The molecule has 4 amide bonds. The molecule has 8 nitrogen and oxygen atoms in total. The van der Waals surface area contributed by atoms with Crippen molar-refractivity contribution in [2.45, 2.75) is 51.9 Å². The van der Waals surface area contributed by atoms with Gasteiger partial charge >= 0.3 is 6.03 Å². The van der Waals surface area contributed by atoms with E-state index in [4.69, 9.17) is 6.42 Å². The van der Waals surface area contributed by atoms with Crippen LogP contribution in [0.25, 0.3) is 0 Å². The van der Waals surface area contributed by atoms with E-state index < -0.39 is 12.2 Å². The zero-order chi connectivity index (χ0) is 27.2. The summed E-state index contributed by atoms with van der Waals surface area (Å²) in [5.74, 6) is 2.34. The highest BCUT2D eigenvalue weighted by Crippen LogP contribution is 2.32. The van der Waals surface area contributed by atoms with Gasteiger partial charge in [0.15, 0.2) is 0 Å². The van der Waals surface area contributed by atoms with E-state index >= 15 is 0 Å². The van der Waals surface area contributed by atoms with Crippen LogP contribution >= 0.6 is 0 Å². The van der Waals surface area contributed by atoms with Gasteiger partial charge in [0.1, 0.15) is 12.2 Å². The third-order valence-electron chi connectivity index (χ3n) is 7.58. The molecule has 0 aliphatic carbocycles. The molecule has 2 aromatic carbocycles. The number of carbonyl (C=O) groups is 3. The van der Waals surface area contributed by atoms with Crippen LogP contribution in [0.5, 0.6) is 0 Å². The summed E-state index contributed by atoms with van der Waals surface area (Å²) in [5, 5.41) is 6.17. The molecule has 0 bridgehead atoms. The molecule has 2 fully saturated rings. The number of benzene rings is 2. The molecule has 38 heavy (non-hydrogen) atoms. The summed E-state index contributed by atoms with van der Waals surface area (Å²) in [5.41, 5.74) is 2.10. The normalized spacial score (nSPS) is 21.5. The van der Waals surface area contributed by atoms with Crippen molar-refractivity contribution in [3.63, 3.8) is 0 Å². The second kappa shape index (κ2) is 12.1. The number of hydrogen-bond acceptors (Lipinski definition) is 4. The minimum Gasteiger partial charge on any atom is -0.336 e. The second-order valence-electron chi connectivity index (χ2n) is 10.2. The van der Waals surface area contributed by atoms with Crippen LogP contribution in [-0.4, -0.2) is 76.0 Å². The van der Waals surface area contributed by atoms with E-state index in [0.717, 1.165) is 17.5 Å². The summed E-state index contributed by atoms with van der Waals surface area (Å²) in [6.45, 7) is 7.19. The van der Waals surface area contributed by atoms with E-state index in [-0.39, 0.29) is 49.3 Å². The molecule has 4 rings (SSSR count). The highest BCUT2D eigenvalue weighted by atomic mass is 16.2. The van der Waals surface area contributed by atoms with Crippen molar-refractivity contribution in [2.24, 2.45) is 5.92 Å². The molecule has 2 unspecified atom stereocenters. The zero-order valence-corrected chi connectivity index (χ0v) is 22.4. The van der Waals surface area contributed by atoms with Crippen LogP contribution in [0.3, 0.4) is 0 Å². The number of hydrogen-bond donors (Lipinski definition) is 1. The van der Waals surface area contributed by atoms with Crippen molar-refractivity contribution in [3.8, 4) is 12.3 Å². The lowest BCUT2D eigenvalue weighted by Crippen LogP contribution is -2.77.